The minimum atomic E-state index is -0.239. The highest BCUT2D eigenvalue weighted by molar-refractivity contribution is 6.26. The van der Waals surface area contributed by atoms with Crippen LogP contribution < -0.4 is 0 Å². The highest BCUT2D eigenvalue weighted by Gasteiger charge is 2.36. The van der Waals surface area contributed by atoms with Crippen LogP contribution >= 0.6 is 0 Å². The van der Waals surface area contributed by atoms with Gasteiger partial charge in [-0.3, -0.25) is 4.57 Å². The predicted molar refractivity (Wildman–Crippen MR) is 432 cm³/mol. The number of aromatic nitrogens is 3. The van der Waals surface area contributed by atoms with Gasteiger partial charge in [-0.25, -0.2) is 9.97 Å². The lowest BCUT2D eigenvalue weighted by Crippen LogP contribution is -2.14. The predicted octanol–water partition coefficient (Wildman–Crippen LogP) is 26.8. The van der Waals surface area contributed by atoms with Crippen LogP contribution in [0, 0.1) is 0 Å². The molecule has 2 heterocycles. The average molecular weight is 1290 g/mol. The first-order valence-electron chi connectivity index (χ1n) is 35.4. The van der Waals surface area contributed by atoms with Crippen LogP contribution in [0.4, 0.5) is 0 Å². The Morgan fingerprint density at radius 1 is 0.245 bits per heavy atom. The first-order chi connectivity index (χ1) is 50.3. The maximum atomic E-state index is 5.51. The number of imidazole rings is 1. The smallest absolute Gasteiger partial charge is 0.145 e. The lowest BCUT2D eigenvalue weighted by molar-refractivity contribution is 0.661. The van der Waals surface area contributed by atoms with Crippen molar-refractivity contribution in [3.8, 4) is 95.1 Å². The molecule has 1 aliphatic carbocycles. The van der Waals surface area contributed by atoms with E-state index in [2.05, 4.69) is 364 Å². The zero-order chi connectivity index (χ0) is 67.3. The Bertz CT molecular complexity index is 6950. The first-order valence-corrected chi connectivity index (χ1v) is 35.4. The highest BCUT2D eigenvalue weighted by Crippen LogP contribution is 2.55. The fourth-order valence-electron chi connectivity index (χ4n) is 17.3. The minimum Gasteiger partial charge on any atom is -0.292 e. The van der Waals surface area contributed by atoms with Crippen LogP contribution in [0.3, 0.4) is 0 Å². The SMILES string of the molecule is CC1(C)c2ccccc2-c2cc3c(-c4ccc(-c5nc6ccccc6n5-c5ccccc5)cc4)c4ccc(-c5ccc6c(-c7ccc8ccccc8c7)c7cc(-c8ccc9ccc%10ccccc%10c9n8)ccc7c(-c7ccc8ccccc8c7)c6c5)cc4c(-c4ccc5ccccc5c4)c3cc21. The molecule has 0 spiro atoms. The third-order valence-electron chi connectivity index (χ3n) is 22.3. The second-order valence-electron chi connectivity index (χ2n) is 28.3. The zero-order valence-electron chi connectivity index (χ0n) is 56.3. The number of para-hydroxylation sites is 3. The van der Waals surface area contributed by atoms with Crippen molar-refractivity contribution in [3.05, 3.63) is 357 Å². The van der Waals surface area contributed by atoms with E-state index in [0.29, 0.717) is 0 Å². The van der Waals surface area contributed by atoms with Crippen LogP contribution in [-0.4, -0.2) is 14.5 Å². The fraction of sp³-hybridized carbons (Fsp3) is 0.0303. The molecule has 2 aromatic heterocycles. The third kappa shape index (κ3) is 9.01. The second-order valence-corrected chi connectivity index (χ2v) is 28.3. The number of hydrogen-bond acceptors (Lipinski definition) is 2. The summed E-state index contributed by atoms with van der Waals surface area (Å²) in [6, 6.07) is 129. The van der Waals surface area contributed by atoms with Gasteiger partial charge in [0.1, 0.15) is 5.82 Å². The van der Waals surface area contributed by atoms with E-state index in [9.17, 15) is 0 Å². The molecule has 0 atom stereocenters. The minimum absolute atomic E-state index is 0.239. The average Bonchev–Trinajstić information content (AvgIpc) is 1.34. The molecule has 0 amide bonds. The van der Waals surface area contributed by atoms with Crippen molar-refractivity contribution >= 4 is 108 Å². The van der Waals surface area contributed by atoms with Gasteiger partial charge in [0.2, 0.25) is 0 Å². The van der Waals surface area contributed by atoms with Gasteiger partial charge < -0.3 is 0 Å². The maximum absolute atomic E-state index is 5.51. The van der Waals surface area contributed by atoms with Crippen LogP contribution in [0.15, 0.2) is 346 Å². The van der Waals surface area contributed by atoms with E-state index in [0.717, 1.165) is 72.3 Å². The fourth-order valence-corrected chi connectivity index (χ4v) is 17.3. The molecule has 0 aliphatic heterocycles. The van der Waals surface area contributed by atoms with Gasteiger partial charge in [0.05, 0.1) is 22.2 Å². The molecule has 474 valence electrons. The number of pyridine rings is 1. The molecular formula is C99H63N3. The van der Waals surface area contributed by atoms with E-state index < -0.39 is 0 Å². The third-order valence-corrected chi connectivity index (χ3v) is 22.3. The van der Waals surface area contributed by atoms with Crippen molar-refractivity contribution in [1.82, 2.24) is 14.5 Å². The molecule has 102 heavy (non-hydrogen) atoms. The molecule has 0 fully saturated rings. The lowest BCUT2D eigenvalue weighted by atomic mass is 9.79. The molecule has 3 heteroatoms. The number of fused-ring (bicyclic) bond motifs is 14. The van der Waals surface area contributed by atoms with Crippen molar-refractivity contribution in [1.29, 1.82) is 0 Å². The number of rotatable bonds is 8. The standard InChI is InChI=1S/C99H63N3/c1-99(2)88-29-15-14-28-78(88)82-58-86-87(59-89(82)99)96(75-43-34-62-20-8-11-24-69(62)54-75)84-56-71(44-48-79(84)93(86)64-36-39-66(40-37-64)98-101-91-30-16-17-31-92(91)102(98)76-25-4-3-5-26-76)70-45-49-80-83(55-70)94(73-41-32-60-18-6-9-22-67(60)52-73)81-50-46-72(57-85(81)95(80)74-42-33-61-19-7-10-23-68(61)53-74)90-51-47-65-38-35-63-21-12-13-27-77(63)97(65)100-90/h3-59H,1-2H3. The summed E-state index contributed by atoms with van der Waals surface area (Å²) >= 11 is 0. The maximum Gasteiger partial charge on any atom is 0.145 e. The molecular weight excluding hydrogens is 1230 g/mol. The number of benzene rings is 18. The Hall–Kier alpha value is -13.1. The van der Waals surface area contributed by atoms with Crippen molar-refractivity contribution < 1.29 is 0 Å². The van der Waals surface area contributed by atoms with Gasteiger partial charge in [-0.1, -0.05) is 281 Å². The van der Waals surface area contributed by atoms with E-state index >= 15 is 0 Å². The molecule has 0 unspecified atom stereocenters. The Morgan fingerprint density at radius 3 is 1.30 bits per heavy atom. The first kappa shape index (κ1) is 57.9. The van der Waals surface area contributed by atoms with Gasteiger partial charge in [-0.15, -0.1) is 0 Å². The molecule has 0 N–H and O–H groups in total. The molecule has 18 aromatic carbocycles. The topological polar surface area (TPSA) is 30.7 Å². The summed E-state index contributed by atoms with van der Waals surface area (Å²) < 4.78 is 2.30. The summed E-state index contributed by atoms with van der Waals surface area (Å²) in [6.45, 7) is 4.81. The van der Waals surface area contributed by atoms with Crippen LogP contribution in [0.2, 0.25) is 0 Å². The number of nitrogens with zero attached hydrogens (tertiary/aromatic N) is 3. The summed E-state index contributed by atoms with van der Waals surface area (Å²) in [6.07, 6.45) is 0. The molecule has 0 saturated heterocycles. The van der Waals surface area contributed by atoms with Gasteiger partial charge in [-0.2, -0.15) is 0 Å². The number of hydrogen-bond donors (Lipinski definition) is 0. The molecule has 0 saturated carbocycles. The molecule has 20 aromatic rings. The molecule has 21 rings (SSSR count). The zero-order valence-corrected chi connectivity index (χ0v) is 56.3. The highest BCUT2D eigenvalue weighted by atomic mass is 15.1. The van der Waals surface area contributed by atoms with Gasteiger partial charge in [0.15, 0.2) is 0 Å². The van der Waals surface area contributed by atoms with Crippen LogP contribution in [-0.2, 0) is 5.41 Å². The van der Waals surface area contributed by atoms with Crippen molar-refractivity contribution in [2.45, 2.75) is 19.3 Å². The van der Waals surface area contributed by atoms with E-state index in [1.54, 1.807) is 0 Å². The summed E-state index contributed by atoms with van der Waals surface area (Å²) in [5, 5.41) is 20.3. The Kier molecular flexibility index (Phi) is 12.8. The monoisotopic (exact) mass is 1290 g/mol. The van der Waals surface area contributed by atoms with Crippen molar-refractivity contribution in [2.75, 3.05) is 0 Å². The van der Waals surface area contributed by atoms with Gasteiger partial charge in [0.25, 0.3) is 0 Å². The van der Waals surface area contributed by atoms with Crippen LogP contribution in [0.5, 0.6) is 0 Å². The van der Waals surface area contributed by atoms with Crippen molar-refractivity contribution in [2.24, 2.45) is 0 Å². The van der Waals surface area contributed by atoms with E-state index in [-0.39, 0.29) is 5.41 Å². The lowest BCUT2D eigenvalue weighted by Gasteiger charge is -2.24. The molecule has 0 radical (unpaired) electrons. The molecule has 0 bridgehead atoms. The summed E-state index contributed by atoms with van der Waals surface area (Å²) in [7, 11) is 0. The van der Waals surface area contributed by atoms with E-state index in [1.165, 1.54) is 142 Å². The van der Waals surface area contributed by atoms with Crippen LogP contribution in [0.25, 0.3) is 203 Å². The summed E-state index contributed by atoms with van der Waals surface area (Å²) in [5.41, 5.74) is 24.0. The molecule has 1 aliphatic rings. The van der Waals surface area contributed by atoms with Gasteiger partial charge >= 0.3 is 0 Å². The second kappa shape index (κ2) is 22.5. The largest absolute Gasteiger partial charge is 0.292 e. The summed E-state index contributed by atoms with van der Waals surface area (Å²) in [5.74, 6) is 0.908. The normalized spacial score (nSPS) is 12.7. The van der Waals surface area contributed by atoms with E-state index in [1.807, 2.05) is 0 Å². The van der Waals surface area contributed by atoms with Gasteiger partial charge in [0, 0.05) is 33.0 Å². The Labute approximate surface area is 590 Å². The Balaban J connectivity index is 0.834. The van der Waals surface area contributed by atoms with Gasteiger partial charge in [-0.05, 0) is 238 Å². The summed E-state index contributed by atoms with van der Waals surface area (Å²) in [4.78, 5) is 10.8. The van der Waals surface area contributed by atoms with Crippen molar-refractivity contribution in [3.63, 3.8) is 0 Å². The van der Waals surface area contributed by atoms with E-state index in [4.69, 9.17) is 9.97 Å². The molecule has 3 nitrogen and oxygen atoms in total. The quantitative estimate of drug-likeness (QED) is 0.112. The Morgan fingerprint density at radius 2 is 0.676 bits per heavy atom. The van der Waals surface area contributed by atoms with Crippen LogP contribution in [0.1, 0.15) is 25.0 Å².